The first-order valence-corrected chi connectivity index (χ1v) is 8.86. The van der Waals surface area contributed by atoms with Gasteiger partial charge < -0.3 is 5.73 Å². The van der Waals surface area contributed by atoms with E-state index < -0.39 is 14.7 Å². The van der Waals surface area contributed by atoms with Crippen molar-refractivity contribution in [1.29, 1.82) is 0 Å². The highest BCUT2D eigenvalue weighted by Gasteiger charge is 2.43. The molecule has 2 aromatic rings. The molecular weight excluding hydrogens is 331 g/mol. The van der Waals surface area contributed by atoms with Gasteiger partial charge in [-0.2, -0.15) is 0 Å². The van der Waals surface area contributed by atoms with E-state index in [-0.39, 0.29) is 10.0 Å². The van der Waals surface area contributed by atoms with Gasteiger partial charge in [-0.3, -0.25) is 0 Å². The normalized spacial score (nSPS) is 18.2. The van der Waals surface area contributed by atoms with Crippen LogP contribution in [0.3, 0.4) is 0 Å². The van der Waals surface area contributed by atoms with Crippen LogP contribution in [-0.2, 0) is 9.84 Å². The molecule has 0 unspecified atom stereocenters. The summed E-state index contributed by atoms with van der Waals surface area (Å²) in [6, 6.07) is 4.70. The molecule has 1 saturated carbocycles. The number of pyridine rings is 1. The van der Waals surface area contributed by atoms with Gasteiger partial charge >= 0.3 is 0 Å². The molecular formula is C14H14Cl2N2O2S. The van der Waals surface area contributed by atoms with E-state index >= 15 is 0 Å². The van der Waals surface area contributed by atoms with Crippen LogP contribution in [0.15, 0.2) is 29.3 Å². The zero-order valence-corrected chi connectivity index (χ0v) is 13.5. The molecule has 21 heavy (non-hydrogen) atoms. The largest absolute Gasteiger partial charge is 0.312 e. The Hall–Kier alpha value is -0.880. The summed E-state index contributed by atoms with van der Waals surface area (Å²) < 4.78 is 25.5. The second-order valence-electron chi connectivity index (χ2n) is 5.38. The van der Waals surface area contributed by atoms with E-state index in [1.165, 1.54) is 18.3 Å². The van der Waals surface area contributed by atoms with Crippen LogP contribution in [-0.4, -0.2) is 18.3 Å². The smallest absolute Gasteiger partial charge is 0.196 e. The minimum Gasteiger partial charge on any atom is -0.312 e. The maximum atomic E-state index is 12.8. The van der Waals surface area contributed by atoms with Gasteiger partial charge in [0.2, 0.25) is 0 Å². The van der Waals surface area contributed by atoms with Gasteiger partial charge in [-0.05, 0) is 25.0 Å². The number of nitrogens with zero attached hydrogens (tertiary/aromatic N) is 1. The fourth-order valence-corrected chi connectivity index (χ4v) is 5.03. The van der Waals surface area contributed by atoms with Gasteiger partial charge in [-0.25, -0.2) is 13.4 Å². The fraction of sp³-hybridized carbons (Fsp3) is 0.357. The van der Waals surface area contributed by atoms with Crippen molar-refractivity contribution >= 4 is 43.8 Å². The molecule has 1 aliphatic carbocycles. The third-order valence-corrected chi connectivity index (χ3v) is 7.01. The Kier molecular flexibility index (Phi) is 3.64. The van der Waals surface area contributed by atoms with E-state index in [2.05, 4.69) is 4.98 Å². The number of nitrogens with two attached hydrogens (primary N) is 1. The van der Waals surface area contributed by atoms with Crippen LogP contribution in [0.4, 0.5) is 0 Å². The summed E-state index contributed by atoms with van der Waals surface area (Å²) in [5.41, 5.74) is 6.12. The van der Waals surface area contributed by atoms with Crippen LogP contribution in [0.1, 0.15) is 25.7 Å². The molecule has 3 rings (SSSR count). The SMILES string of the molecule is NC1(S(=O)(=O)c2ccc3c(Cl)cnc(Cl)c3c2)CCCC1. The summed E-state index contributed by atoms with van der Waals surface area (Å²) in [4.78, 5) is 2.94. The van der Waals surface area contributed by atoms with Crippen molar-refractivity contribution in [3.8, 4) is 0 Å². The van der Waals surface area contributed by atoms with Gasteiger partial charge in [0.15, 0.2) is 9.84 Å². The van der Waals surface area contributed by atoms with E-state index in [4.69, 9.17) is 28.9 Å². The molecule has 2 N–H and O–H groups in total. The Balaban J connectivity index is 2.20. The molecule has 7 heteroatoms. The number of halogens is 2. The quantitative estimate of drug-likeness (QED) is 0.845. The lowest BCUT2D eigenvalue weighted by molar-refractivity contribution is 0.520. The second kappa shape index (κ2) is 5.09. The van der Waals surface area contributed by atoms with E-state index in [1.54, 1.807) is 6.07 Å². The first-order chi connectivity index (χ1) is 9.85. The molecule has 0 radical (unpaired) electrons. The molecule has 112 valence electrons. The predicted molar refractivity (Wildman–Crippen MR) is 84.3 cm³/mol. The Bertz CT molecular complexity index is 815. The molecule has 0 amide bonds. The molecule has 1 fully saturated rings. The molecule has 4 nitrogen and oxygen atoms in total. The highest BCUT2D eigenvalue weighted by atomic mass is 35.5. The molecule has 0 atom stereocenters. The summed E-state index contributed by atoms with van der Waals surface area (Å²) in [7, 11) is -3.61. The van der Waals surface area contributed by atoms with Crippen molar-refractivity contribution in [2.24, 2.45) is 5.73 Å². The van der Waals surface area contributed by atoms with Crippen LogP contribution in [0, 0.1) is 0 Å². The first kappa shape index (κ1) is 15.0. The van der Waals surface area contributed by atoms with Crippen LogP contribution in [0.25, 0.3) is 10.8 Å². The van der Waals surface area contributed by atoms with E-state index in [0.29, 0.717) is 28.6 Å². The average Bonchev–Trinajstić information content (AvgIpc) is 2.91. The monoisotopic (exact) mass is 344 g/mol. The Labute approximate surface area is 133 Å². The summed E-state index contributed by atoms with van der Waals surface area (Å²) >= 11 is 12.1. The zero-order chi connectivity index (χ0) is 15.3. The van der Waals surface area contributed by atoms with Crippen LogP contribution in [0.5, 0.6) is 0 Å². The lowest BCUT2D eigenvalue weighted by Crippen LogP contribution is -2.44. The van der Waals surface area contributed by atoms with E-state index in [9.17, 15) is 8.42 Å². The van der Waals surface area contributed by atoms with Crippen molar-refractivity contribution in [2.75, 3.05) is 0 Å². The predicted octanol–water partition coefficient (Wildman–Crippen LogP) is 3.54. The van der Waals surface area contributed by atoms with E-state index in [1.807, 2.05) is 0 Å². The van der Waals surface area contributed by atoms with Crippen LogP contribution in [0.2, 0.25) is 10.2 Å². The van der Waals surface area contributed by atoms with Gasteiger partial charge in [-0.1, -0.05) is 42.1 Å². The number of benzene rings is 1. The maximum absolute atomic E-state index is 12.8. The van der Waals surface area contributed by atoms with Crippen molar-refractivity contribution in [3.05, 3.63) is 34.6 Å². The minimum absolute atomic E-state index is 0.172. The Morgan fingerprint density at radius 1 is 1.14 bits per heavy atom. The van der Waals surface area contributed by atoms with Crippen molar-refractivity contribution in [2.45, 2.75) is 35.4 Å². The first-order valence-electron chi connectivity index (χ1n) is 6.62. The van der Waals surface area contributed by atoms with Gasteiger partial charge in [0.25, 0.3) is 0 Å². The number of aromatic nitrogens is 1. The highest BCUT2D eigenvalue weighted by molar-refractivity contribution is 7.92. The van der Waals surface area contributed by atoms with E-state index in [0.717, 1.165) is 12.8 Å². The van der Waals surface area contributed by atoms with Gasteiger partial charge in [0.1, 0.15) is 10.0 Å². The lowest BCUT2D eigenvalue weighted by Gasteiger charge is -2.24. The number of rotatable bonds is 2. The third kappa shape index (κ3) is 2.32. The second-order valence-corrected chi connectivity index (χ2v) is 8.44. The lowest BCUT2D eigenvalue weighted by atomic mass is 10.2. The van der Waals surface area contributed by atoms with Crippen molar-refractivity contribution in [1.82, 2.24) is 4.98 Å². The van der Waals surface area contributed by atoms with Gasteiger partial charge in [0, 0.05) is 17.0 Å². The number of sulfone groups is 1. The molecule has 0 spiro atoms. The molecule has 0 bridgehead atoms. The summed E-state index contributed by atoms with van der Waals surface area (Å²) in [5.74, 6) is 0. The summed E-state index contributed by atoms with van der Waals surface area (Å²) in [5, 5.41) is 1.85. The minimum atomic E-state index is -3.61. The van der Waals surface area contributed by atoms with Gasteiger partial charge in [-0.15, -0.1) is 0 Å². The maximum Gasteiger partial charge on any atom is 0.196 e. The van der Waals surface area contributed by atoms with Crippen LogP contribution >= 0.6 is 23.2 Å². The number of hydrogen-bond acceptors (Lipinski definition) is 4. The Morgan fingerprint density at radius 2 is 1.81 bits per heavy atom. The average molecular weight is 345 g/mol. The fourth-order valence-electron chi connectivity index (χ4n) is 2.80. The van der Waals surface area contributed by atoms with Gasteiger partial charge in [0.05, 0.1) is 9.92 Å². The topological polar surface area (TPSA) is 73.1 Å². The third-order valence-electron chi connectivity index (χ3n) is 4.06. The molecule has 0 saturated heterocycles. The van der Waals surface area contributed by atoms with Crippen molar-refractivity contribution < 1.29 is 8.42 Å². The highest BCUT2D eigenvalue weighted by Crippen LogP contribution is 2.38. The molecule has 1 aromatic carbocycles. The van der Waals surface area contributed by atoms with Crippen molar-refractivity contribution in [3.63, 3.8) is 0 Å². The Morgan fingerprint density at radius 3 is 2.48 bits per heavy atom. The number of fused-ring (bicyclic) bond motifs is 1. The number of hydrogen-bond donors (Lipinski definition) is 1. The summed E-state index contributed by atoms with van der Waals surface area (Å²) in [6.45, 7) is 0. The standard InChI is InChI=1S/C14H14Cl2N2O2S/c15-12-8-18-13(16)11-7-9(3-4-10(11)12)21(19,20)14(17)5-1-2-6-14/h3-4,7-8H,1-2,5-6,17H2. The molecule has 1 aromatic heterocycles. The van der Waals surface area contributed by atoms with Crippen LogP contribution < -0.4 is 5.73 Å². The molecule has 1 aliphatic rings. The molecule has 1 heterocycles. The zero-order valence-electron chi connectivity index (χ0n) is 11.1. The molecule has 0 aliphatic heterocycles. The summed E-state index contributed by atoms with van der Waals surface area (Å²) in [6.07, 6.45) is 4.07.